The number of benzene rings is 1. The highest BCUT2D eigenvalue weighted by Crippen LogP contribution is 2.22. The van der Waals surface area contributed by atoms with Gasteiger partial charge in [0.1, 0.15) is 48.1 Å². The van der Waals surface area contributed by atoms with Crippen molar-refractivity contribution in [1.82, 2.24) is 42.1 Å². The number of likely N-dealkylation sites (tertiary alicyclic amines) is 1. The fourth-order valence-corrected chi connectivity index (χ4v) is 8.36. The third-order valence-electron chi connectivity index (χ3n) is 12.0. The van der Waals surface area contributed by atoms with Crippen LogP contribution >= 0.6 is 0 Å². The number of nitrogens with zero attached hydrogens (tertiary/aromatic N) is 2. The normalized spacial score (nSPS) is 15.9. The summed E-state index contributed by atoms with van der Waals surface area (Å²) in [7, 11) is 0. The fourth-order valence-electron chi connectivity index (χ4n) is 8.36. The topological polar surface area (TPSA) is 364 Å². The van der Waals surface area contributed by atoms with Crippen molar-refractivity contribution in [3.8, 4) is 0 Å². The van der Waals surface area contributed by atoms with Crippen molar-refractivity contribution in [3.63, 3.8) is 0 Å². The van der Waals surface area contributed by atoms with Gasteiger partial charge in [0.2, 0.25) is 47.3 Å². The van der Waals surface area contributed by atoms with Crippen molar-refractivity contribution in [3.05, 3.63) is 35.4 Å². The molecule has 1 aromatic rings. The molecule has 0 unspecified atom stereocenters. The van der Waals surface area contributed by atoms with E-state index in [-0.39, 0.29) is 87.2 Å². The predicted octanol–water partition coefficient (Wildman–Crippen LogP) is 0.483. The molecule has 1 aliphatic heterocycles. The van der Waals surface area contributed by atoms with E-state index in [0.29, 0.717) is 44.2 Å². The Hall–Kier alpha value is -6.32. The van der Waals surface area contributed by atoms with Gasteiger partial charge >= 0.3 is 0 Å². The second-order valence-electron chi connectivity index (χ2n) is 20.4. The van der Waals surface area contributed by atoms with Crippen molar-refractivity contribution >= 4 is 59.1 Å². The number of nitrogens with one attached hydrogen (secondary N) is 8. The average Bonchev–Trinajstić information content (AvgIpc) is 3.79. The number of carbonyl (C=O) groups is 8. The van der Waals surface area contributed by atoms with Crippen molar-refractivity contribution in [2.75, 3.05) is 19.6 Å². The molecule has 1 aliphatic rings. The summed E-state index contributed by atoms with van der Waals surface area (Å²) in [5.74, 6) is -5.14. The average molecular weight is 1010 g/mol. The van der Waals surface area contributed by atoms with Crippen molar-refractivity contribution < 1.29 is 38.4 Å². The highest BCUT2D eigenvalue weighted by atomic mass is 16.2. The molecule has 1 saturated heterocycles. The van der Waals surface area contributed by atoms with Gasteiger partial charge in [-0.15, -0.1) is 0 Å². The lowest BCUT2D eigenvalue weighted by molar-refractivity contribution is -0.143. The Bertz CT molecular complexity index is 2010. The smallest absolute Gasteiger partial charge is 0.245 e. The zero-order valence-electron chi connectivity index (χ0n) is 44.0. The number of aliphatic imine (C=N–C) groups is 1. The first kappa shape index (κ1) is 61.8. The first-order chi connectivity index (χ1) is 33.8. The maximum atomic E-state index is 14.3. The van der Waals surface area contributed by atoms with Crippen LogP contribution in [0.3, 0.4) is 0 Å². The molecule has 8 amide bonds. The van der Waals surface area contributed by atoms with Gasteiger partial charge < -0.3 is 65.1 Å². The van der Waals surface area contributed by atoms with Crippen LogP contribution in [-0.4, -0.2) is 126 Å². The van der Waals surface area contributed by atoms with Gasteiger partial charge in [-0.25, -0.2) is 0 Å². The van der Waals surface area contributed by atoms with Gasteiger partial charge in [0.15, 0.2) is 5.96 Å². The van der Waals surface area contributed by atoms with E-state index < -0.39 is 89.6 Å². The van der Waals surface area contributed by atoms with Gasteiger partial charge in [-0.1, -0.05) is 79.7 Å². The van der Waals surface area contributed by atoms with Gasteiger partial charge in [-0.3, -0.25) is 48.8 Å². The monoisotopic (exact) mass is 1010 g/mol. The maximum Gasteiger partial charge on any atom is 0.245 e. The summed E-state index contributed by atoms with van der Waals surface area (Å²) in [6.07, 6.45) is 3.28. The van der Waals surface area contributed by atoms with Crippen molar-refractivity contribution in [2.24, 2.45) is 51.6 Å². The Morgan fingerprint density at radius 3 is 1.69 bits per heavy atom. The van der Waals surface area contributed by atoms with Crippen LogP contribution in [0.2, 0.25) is 0 Å². The molecular formula is C50H86N14O8. The molecule has 22 heteroatoms. The standard InChI is InChI=1S/C50H86N14O8/c1-28(2)24-37(58-32(9)65)45(68)62-39(26-30(5)6)49(72)64-23-13-16-40(64)47(70)61-38(25-29(3)4)46(69)59-36(15-12-22-56-50(54)55)44(67)63-41(31(7)8)48(71)60-35(14-10-11-21-51)43(66)57-27-33-17-19-34(20-18-33)42(52)53/h17-20,28-31,35-41H,10-16,21-27,51H2,1-9H3,(H3,52,53)(H,57,66)(H,58,65)(H,59,69)(H,60,71)(H,61,70)(H,62,68)(H,63,67)(H4,54,55,56)/t35-,36-,37-,38-,39-,40-,41-/m0/s1. The fraction of sp³-hybridized carbons (Fsp3) is 0.680. The summed E-state index contributed by atoms with van der Waals surface area (Å²) in [5.41, 5.74) is 23.7. The number of carbonyl (C=O) groups excluding carboxylic acids is 8. The Morgan fingerprint density at radius 2 is 1.17 bits per heavy atom. The minimum atomic E-state index is -1.23. The van der Waals surface area contributed by atoms with E-state index in [4.69, 9.17) is 28.3 Å². The van der Waals surface area contributed by atoms with E-state index >= 15 is 0 Å². The quantitative estimate of drug-likeness (QED) is 0.0275. The molecule has 0 aliphatic carbocycles. The molecule has 0 spiro atoms. The van der Waals surface area contributed by atoms with Gasteiger partial charge in [-0.05, 0) is 100.0 Å². The first-order valence-electron chi connectivity index (χ1n) is 25.4. The maximum absolute atomic E-state index is 14.3. The second kappa shape index (κ2) is 31.2. The third kappa shape index (κ3) is 22.0. The van der Waals surface area contributed by atoms with Crippen LogP contribution < -0.4 is 60.2 Å². The zero-order valence-corrected chi connectivity index (χ0v) is 44.0. The number of amides is 8. The third-order valence-corrected chi connectivity index (χ3v) is 12.0. The largest absolute Gasteiger partial charge is 0.384 e. The van der Waals surface area contributed by atoms with E-state index in [0.717, 1.165) is 5.56 Å². The van der Waals surface area contributed by atoms with Crippen LogP contribution in [0.15, 0.2) is 29.3 Å². The van der Waals surface area contributed by atoms with Crippen molar-refractivity contribution in [1.29, 1.82) is 5.41 Å². The van der Waals surface area contributed by atoms with E-state index in [1.807, 2.05) is 41.5 Å². The molecule has 22 nitrogen and oxygen atoms in total. The summed E-state index contributed by atoms with van der Waals surface area (Å²) in [6.45, 7) is 17.1. The Balaban J connectivity index is 2.35. The van der Waals surface area contributed by atoms with Crippen LogP contribution in [-0.2, 0) is 44.9 Å². The number of rotatable bonds is 31. The van der Waals surface area contributed by atoms with Crippen LogP contribution in [0.1, 0.15) is 138 Å². The molecule has 0 saturated carbocycles. The van der Waals surface area contributed by atoms with Gasteiger partial charge in [0.05, 0.1) is 0 Å². The number of amidine groups is 1. The number of hydrogen-bond donors (Lipinski definition) is 12. The number of nitrogen functional groups attached to an aromatic ring is 1. The van der Waals surface area contributed by atoms with Gasteiger partial charge in [-0.2, -0.15) is 0 Å². The predicted molar refractivity (Wildman–Crippen MR) is 277 cm³/mol. The summed E-state index contributed by atoms with van der Waals surface area (Å²) >= 11 is 0. The molecule has 7 atom stereocenters. The lowest BCUT2D eigenvalue weighted by Crippen LogP contribution is -2.60. The summed E-state index contributed by atoms with van der Waals surface area (Å²) in [6, 6.07) is -0.496. The van der Waals surface area contributed by atoms with E-state index in [1.165, 1.54) is 11.8 Å². The lowest BCUT2D eigenvalue weighted by atomic mass is 9.99. The van der Waals surface area contributed by atoms with Crippen LogP contribution in [0.25, 0.3) is 0 Å². The molecule has 1 aromatic carbocycles. The molecule has 0 aromatic heterocycles. The molecule has 1 fully saturated rings. The van der Waals surface area contributed by atoms with Crippen LogP contribution in [0, 0.1) is 29.1 Å². The SMILES string of the molecule is CC(=O)N[C@@H](CC(C)C)C(=O)N[C@@H](CC(C)C)C(=O)N1CCC[C@H]1C(=O)N[C@@H](CC(C)C)C(=O)N[C@@H](CCCN=C(N)N)C(=O)N[C@H](C(=O)N[C@@H](CCCCN)C(=O)NCc1ccc(C(=N)N)cc1)C(C)C. The minimum Gasteiger partial charge on any atom is -0.384 e. The number of unbranched alkanes of at least 4 members (excludes halogenated alkanes) is 1. The summed E-state index contributed by atoms with van der Waals surface area (Å²) in [4.78, 5) is 116. The van der Waals surface area contributed by atoms with Crippen molar-refractivity contribution in [2.45, 2.75) is 175 Å². The first-order valence-corrected chi connectivity index (χ1v) is 25.4. The highest BCUT2D eigenvalue weighted by Gasteiger charge is 2.40. The molecule has 0 radical (unpaired) electrons. The Labute approximate surface area is 425 Å². The van der Waals surface area contributed by atoms with E-state index in [1.54, 1.807) is 38.1 Å². The Morgan fingerprint density at radius 1 is 0.653 bits per heavy atom. The van der Waals surface area contributed by atoms with Gasteiger partial charge in [0.25, 0.3) is 0 Å². The minimum absolute atomic E-state index is 0.0157. The van der Waals surface area contributed by atoms with Crippen LogP contribution in [0.4, 0.5) is 0 Å². The number of hydrogen-bond acceptors (Lipinski definition) is 11. The lowest BCUT2D eigenvalue weighted by Gasteiger charge is -2.32. The molecule has 16 N–H and O–H groups in total. The van der Waals surface area contributed by atoms with Gasteiger partial charge in [0, 0.05) is 32.1 Å². The molecule has 2 rings (SSSR count). The van der Waals surface area contributed by atoms with Crippen LogP contribution in [0.5, 0.6) is 0 Å². The molecule has 72 heavy (non-hydrogen) atoms. The second-order valence-corrected chi connectivity index (χ2v) is 20.4. The summed E-state index contributed by atoms with van der Waals surface area (Å²) < 4.78 is 0. The molecule has 404 valence electrons. The number of nitrogens with two attached hydrogens (primary N) is 4. The molecular weight excluding hydrogens is 925 g/mol. The zero-order chi connectivity index (χ0) is 54.2. The van der Waals surface area contributed by atoms with E-state index in [9.17, 15) is 38.4 Å². The Kier molecular flexibility index (Phi) is 26.8. The van der Waals surface area contributed by atoms with E-state index in [2.05, 4.69) is 42.2 Å². The molecule has 0 bridgehead atoms. The molecule has 1 heterocycles. The highest BCUT2D eigenvalue weighted by molar-refractivity contribution is 5.98. The number of guanidine groups is 1. The summed E-state index contributed by atoms with van der Waals surface area (Å²) in [5, 5.41) is 27.3.